The van der Waals surface area contributed by atoms with Crippen molar-refractivity contribution in [3.63, 3.8) is 0 Å². The quantitative estimate of drug-likeness (QED) is 0.429. The van der Waals surface area contributed by atoms with Crippen LogP contribution in [0.5, 0.6) is 5.75 Å². The lowest BCUT2D eigenvalue weighted by molar-refractivity contribution is -0.149. The highest BCUT2D eigenvalue weighted by molar-refractivity contribution is 5.98. The lowest BCUT2D eigenvalue weighted by atomic mass is 10.1. The summed E-state index contributed by atoms with van der Waals surface area (Å²) in [5, 5.41) is 2.76. The molecule has 3 aromatic carbocycles. The molecule has 0 heterocycles. The molecule has 31 heavy (non-hydrogen) atoms. The number of hydrogen-bond donors (Lipinski definition) is 1. The molecule has 6 heteroatoms. The van der Waals surface area contributed by atoms with E-state index in [0.717, 1.165) is 11.6 Å². The summed E-state index contributed by atoms with van der Waals surface area (Å²) in [5.41, 5.74) is 2.13. The van der Waals surface area contributed by atoms with Gasteiger partial charge in [0.2, 0.25) is 6.10 Å². The number of hydrogen-bond acceptors (Lipinski definition) is 4. The van der Waals surface area contributed by atoms with Crippen LogP contribution in [0.1, 0.15) is 22.8 Å². The molecular weight excluding hydrogens is 397 g/mol. The maximum absolute atomic E-state index is 13.8. The van der Waals surface area contributed by atoms with E-state index < -0.39 is 23.8 Å². The van der Waals surface area contributed by atoms with Crippen LogP contribution in [-0.2, 0) is 14.3 Å². The minimum Gasteiger partial charge on any atom is -0.495 e. The molecule has 0 spiro atoms. The van der Waals surface area contributed by atoms with Crippen molar-refractivity contribution >= 4 is 23.6 Å². The molecule has 0 aromatic heterocycles. The Kier molecular flexibility index (Phi) is 7.17. The number of nitrogens with one attached hydrogen (secondary N) is 1. The second-order valence-electron chi connectivity index (χ2n) is 6.78. The summed E-state index contributed by atoms with van der Waals surface area (Å²) in [6.45, 7) is 1.89. The van der Waals surface area contributed by atoms with Crippen LogP contribution in [0, 0.1) is 12.7 Å². The van der Waals surface area contributed by atoms with Gasteiger partial charge in [-0.25, -0.2) is 9.18 Å². The van der Waals surface area contributed by atoms with Crippen molar-refractivity contribution in [1.29, 1.82) is 0 Å². The van der Waals surface area contributed by atoms with Gasteiger partial charge in [-0.15, -0.1) is 0 Å². The Hall–Kier alpha value is -3.93. The second kappa shape index (κ2) is 10.2. The molecular formula is C25H22FNO4. The average molecular weight is 419 g/mol. The molecule has 0 aliphatic carbocycles. The zero-order chi connectivity index (χ0) is 22.2. The number of benzene rings is 3. The predicted octanol–water partition coefficient (Wildman–Crippen LogP) is 5.08. The molecule has 0 bridgehead atoms. The number of carbonyl (C=O) groups excluding carboxylic acids is 2. The smallest absolute Gasteiger partial charge is 0.331 e. The standard InChI is InChI=1S/C25H22FNO4/c1-17-12-14-22(30-2)21(16-17)27-25(29)24(19-9-4-3-5-10-19)31-23(28)15-13-18-8-6-7-11-20(18)26/h3-16,24H,1-2H3,(H,27,29)/b15-13+/t24-/m0/s1. The van der Waals surface area contributed by atoms with Crippen molar-refractivity contribution < 1.29 is 23.5 Å². The number of halogens is 1. The van der Waals surface area contributed by atoms with E-state index in [0.29, 0.717) is 17.0 Å². The lowest BCUT2D eigenvalue weighted by Crippen LogP contribution is -2.25. The van der Waals surface area contributed by atoms with Crippen LogP contribution >= 0.6 is 0 Å². The van der Waals surface area contributed by atoms with E-state index in [-0.39, 0.29) is 5.56 Å². The van der Waals surface area contributed by atoms with Gasteiger partial charge in [-0.1, -0.05) is 54.6 Å². The Morgan fingerprint density at radius 3 is 2.42 bits per heavy atom. The topological polar surface area (TPSA) is 64.6 Å². The molecule has 1 atom stereocenters. The van der Waals surface area contributed by atoms with Crippen molar-refractivity contribution in [2.45, 2.75) is 13.0 Å². The summed E-state index contributed by atoms with van der Waals surface area (Å²) in [7, 11) is 1.50. The number of ether oxygens (including phenoxy) is 2. The van der Waals surface area contributed by atoms with E-state index in [1.807, 2.05) is 13.0 Å². The molecule has 3 aromatic rings. The van der Waals surface area contributed by atoms with Gasteiger partial charge in [-0.2, -0.15) is 0 Å². The third kappa shape index (κ3) is 5.79. The molecule has 1 N–H and O–H groups in total. The van der Waals surface area contributed by atoms with Gasteiger partial charge in [-0.3, -0.25) is 4.79 Å². The normalized spacial score (nSPS) is 11.7. The van der Waals surface area contributed by atoms with Crippen LogP contribution in [0.15, 0.2) is 78.9 Å². The van der Waals surface area contributed by atoms with Gasteiger partial charge in [0.05, 0.1) is 12.8 Å². The molecule has 0 saturated heterocycles. The number of aryl methyl sites for hydroxylation is 1. The highest BCUT2D eigenvalue weighted by Crippen LogP contribution is 2.28. The molecule has 0 aliphatic heterocycles. The summed E-state index contributed by atoms with van der Waals surface area (Å²) in [6, 6.07) is 20.0. The maximum atomic E-state index is 13.8. The number of amides is 1. The zero-order valence-electron chi connectivity index (χ0n) is 17.2. The van der Waals surface area contributed by atoms with Crippen LogP contribution in [0.3, 0.4) is 0 Å². The highest BCUT2D eigenvalue weighted by Gasteiger charge is 2.25. The van der Waals surface area contributed by atoms with Crippen LogP contribution in [0.25, 0.3) is 6.08 Å². The first-order valence-corrected chi connectivity index (χ1v) is 9.61. The molecule has 3 rings (SSSR count). The third-order valence-electron chi connectivity index (χ3n) is 4.49. The lowest BCUT2D eigenvalue weighted by Gasteiger charge is -2.18. The van der Waals surface area contributed by atoms with Gasteiger partial charge in [0.15, 0.2) is 0 Å². The Bertz CT molecular complexity index is 1100. The first-order valence-electron chi connectivity index (χ1n) is 9.61. The summed E-state index contributed by atoms with van der Waals surface area (Å²) < 4.78 is 24.5. The van der Waals surface area contributed by atoms with Crippen molar-refractivity contribution in [1.82, 2.24) is 0 Å². The zero-order valence-corrected chi connectivity index (χ0v) is 17.2. The van der Waals surface area contributed by atoms with E-state index in [2.05, 4.69) is 5.32 Å². The minimum atomic E-state index is -1.20. The fourth-order valence-corrected chi connectivity index (χ4v) is 2.94. The molecule has 0 fully saturated rings. The van der Waals surface area contributed by atoms with Gasteiger partial charge in [-0.05, 0) is 36.8 Å². The van der Waals surface area contributed by atoms with Crippen molar-refractivity contribution in [2.24, 2.45) is 0 Å². The van der Waals surface area contributed by atoms with Gasteiger partial charge in [0.25, 0.3) is 5.91 Å². The fourth-order valence-electron chi connectivity index (χ4n) is 2.94. The minimum absolute atomic E-state index is 0.240. The largest absolute Gasteiger partial charge is 0.495 e. The summed E-state index contributed by atoms with van der Waals surface area (Å²) >= 11 is 0. The molecule has 0 unspecified atom stereocenters. The first-order chi connectivity index (χ1) is 15.0. The van der Waals surface area contributed by atoms with E-state index >= 15 is 0 Å². The molecule has 5 nitrogen and oxygen atoms in total. The second-order valence-corrected chi connectivity index (χ2v) is 6.78. The van der Waals surface area contributed by atoms with Crippen LogP contribution in [0.4, 0.5) is 10.1 Å². The predicted molar refractivity (Wildman–Crippen MR) is 117 cm³/mol. The molecule has 0 saturated carbocycles. The fraction of sp³-hybridized carbons (Fsp3) is 0.120. The Morgan fingerprint density at radius 1 is 1.00 bits per heavy atom. The van der Waals surface area contributed by atoms with Crippen LogP contribution in [0.2, 0.25) is 0 Å². The van der Waals surface area contributed by atoms with Gasteiger partial charge in [0.1, 0.15) is 11.6 Å². The number of anilines is 1. The van der Waals surface area contributed by atoms with Gasteiger partial charge < -0.3 is 14.8 Å². The highest BCUT2D eigenvalue weighted by atomic mass is 19.1. The molecule has 0 radical (unpaired) electrons. The van der Waals surface area contributed by atoms with Gasteiger partial charge >= 0.3 is 5.97 Å². The SMILES string of the molecule is COc1ccc(C)cc1NC(=O)[C@@H](OC(=O)/C=C/c1ccccc1F)c1ccccc1. The van der Waals surface area contributed by atoms with Gasteiger partial charge in [0, 0.05) is 17.2 Å². The molecule has 1 amide bonds. The summed E-state index contributed by atoms with van der Waals surface area (Å²) in [4.78, 5) is 25.4. The van der Waals surface area contributed by atoms with Crippen molar-refractivity contribution in [2.75, 3.05) is 12.4 Å². The van der Waals surface area contributed by atoms with E-state index in [1.165, 1.54) is 25.3 Å². The Morgan fingerprint density at radius 2 is 1.71 bits per heavy atom. The number of rotatable bonds is 7. The Balaban J connectivity index is 1.82. The summed E-state index contributed by atoms with van der Waals surface area (Å²) in [5.74, 6) is -1.29. The number of methoxy groups -OCH3 is 1. The van der Waals surface area contributed by atoms with E-state index in [9.17, 15) is 14.0 Å². The van der Waals surface area contributed by atoms with E-state index in [1.54, 1.807) is 54.6 Å². The Labute approximate surface area is 180 Å². The van der Waals surface area contributed by atoms with E-state index in [4.69, 9.17) is 9.47 Å². The van der Waals surface area contributed by atoms with Crippen molar-refractivity contribution in [3.8, 4) is 5.75 Å². The molecule has 0 aliphatic rings. The average Bonchev–Trinajstić information content (AvgIpc) is 2.77. The summed E-state index contributed by atoms with van der Waals surface area (Å²) in [6.07, 6.45) is 1.19. The third-order valence-corrected chi connectivity index (χ3v) is 4.49. The number of esters is 1. The number of carbonyl (C=O) groups is 2. The first kappa shape index (κ1) is 21.8. The monoisotopic (exact) mass is 419 g/mol. The van der Waals surface area contributed by atoms with Crippen LogP contribution in [-0.4, -0.2) is 19.0 Å². The molecule has 158 valence electrons. The maximum Gasteiger partial charge on any atom is 0.331 e. The van der Waals surface area contributed by atoms with Crippen LogP contribution < -0.4 is 10.1 Å². The van der Waals surface area contributed by atoms with Crippen molar-refractivity contribution in [3.05, 3.63) is 101 Å².